The Kier molecular flexibility index (Phi) is 2.67. The van der Waals surface area contributed by atoms with Gasteiger partial charge in [0.1, 0.15) is 18.7 Å². The fraction of sp³-hybridized carbons (Fsp3) is 0.273. The second-order valence-corrected chi connectivity index (χ2v) is 3.35. The lowest BCUT2D eigenvalue weighted by molar-refractivity contribution is 0.288. The minimum absolute atomic E-state index is 0.446. The fourth-order valence-corrected chi connectivity index (χ4v) is 1.31. The highest BCUT2D eigenvalue weighted by atomic mass is 16.5. The van der Waals surface area contributed by atoms with Gasteiger partial charge in [-0.3, -0.25) is 4.68 Å². The minimum atomic E-state index is 0.446. The molecule has 0 aliphatic carbocycles. The number of hydrogen-bond donors (Lipinski definition) is 0. The van der Waals surface area contributed by atoms with Gasteiger partial charge in [-0.15, -0.1) is 0 Å². The van der Waals surface area contributed by atoms with Crippen molar-refractivity contribution in [3.05, 3.63) is 42.0 Å². The van der Waals surface area contributed by atoms with E-state index >= 15 is 0 Å². The van der Waals surface area contributed by atoms with E-state index in [0.717, 1.165) is 17.1 Å². The molecule has 0 unspecified atom stereocenters. The lowest BCUT2D eigenvalue weighted by Crippen LogP contribution is -2.04. The van der Waals surface area contributed by atoms with Crippen molar-refractivity contribution in [1.29, 1.82) is 0 Å². The second-order valence-electron chi connectivity index (χ2n) is 3.35. The van der Waals surface area contributed by atoms with Crippen molar-refractivity contribution in [3.63, 3.8) is 0 Å². The summed E-state index contributed by atoms with van der Waals surface area (Å²) in [5.74, 6) is 1.71. The first-order valence-corrected chi connectivity index (χ1v) is 4.78. The van der Waals surface area contributed by atoms with E-state index in [1.165, 1.54) is 6.33 Å². The van der Waals surface area contributed by atoms with Gasteiger partial charge in [0, 0.05) is 7.05 Å². The van der Waals surface area contributed by atoms with Gasteiger partial charge in [-0.2, -0.15) is 5.10 Å². The Morgan fingerprint density at radius 3 is 2.80 bits per heavy atom. The average molecular weight is 203 g/mol. The van der Waals surface area contributed by atoms with E-state index in [1.54, 1.807) is 4.68 Å². The maximum atomic E-state index is 5.64. The van der Waals surface area contributed by atoms with Crippen molar-refractivity contribution in [2.75, 3.05) is 0 Å². The number of rotatable bonds is 3. The molecule has 0 aliphatic rings. The zero-order chi connectivity index (χ0) is 10.7. The largest absolute Gasteiger partial charge is 0.485 e. The van der Waals surface area contributed by atoms with Gasteiger partial charge in [0.2, 0.25) is 0 Å². The van der Waals surface area contributed by atoms with Crippen LogP contribution in [0.3, 0.4) is 0 Å². The predicted molar refractivity (Wildman–Crippen MR) is 56.5 cm³/mol. The summed E-state index contributed by atoms with van der Waals surface area (Å²) in [6.45, 7) is 2.47. The molecule has 0 fully saturated rings. The normalized spacial score (nSPS) is 10.3. The van der Waals surface area contributed by atoms with Crippen LogP contribution < -0.4 is 4.74 Å². The van der Waals surface area contributed by atoms with Gasteiger partial charge in [-0.25, -0.2) is 4.98 Å². The topological polar surface area (TPSA) is 39.9 Å². The van der Waals surface area contributed by atoms with E-state index < -0.39 is 0 Å². The van der Waals surface area contributed by atoms with Gasteiger partial charge >= 0.3 is 0 Å². The number of aryl methyl sites for hydroxylation is 2. The quantitative estimate of drug-likeness (QED) is 0.762. The summed E-state index contributed by atoms with van der Waals surface area (Å²) in [4.78, 5) is 4.09. The third-order valence-electron chi connectivity index (χ3n) is 2.26. The van der Waals surface area contributed by atoms with Crippen LogP contribution in [0.25, 0.3) is 0 Å². The molecule has 1 aromatic carbocycles. The molecule has 1 heterocycles. The Labute approximate surface area is 88.5 Å². The smallest absolute Gasteiger partial charge is 0.164 e. The van der Waals surface area contributed by atoms with Gasteiger partial charge in [0.25, 0.3) is 0 Å². The number of hydrogen-bond acceptors (Lipinski definition) is 3. The third-order valence-corrected chi connectivity index (χ3v) is 2.26. The van der Waals surface area contributed by atoms with E-state index in [2.05, 4.69) is 10.1 Å². The van der Waals surface area contributed by atoms with Crippen molar-refractivity contribution in [2.45, 2.75) is 13.5 Å². The van der Waals surface area contributed by atoms with E-state index in [9.17, 15) is 0 Å². The molecule has 1 aromatic heterocycles. The van der Waals surface area contributed by atoms with Gasteiger partial charge < -0.3 is 4.74 Å². The highest BCUT2D eigenvalue weighted by molar-refractivity contribution is 5.31. The van der Waals surface area contributed by atoms with Crippen LogP contribution >= 0.6 is 0 Å². The maximum absolute atomic E-state index is 5.64. The average Bonchev–Trinajstić information content (AvgIpc) is 2.63. The minimum Gasteiger partial charge on any atom is -0.485 e. The molecule has 78 valence electrons. The van der Waals surface area contributed by atoms with Crippen LogP contribution in [0.5, 0.6) is 5.75 Å². The molecule has 4 heteroatoms. The van der Waals surface area contributed by atoms with Crippen LogP contribution in [-0.4, -0.2) is 14.8 Å². The third kappa shape index (κ3) is 2.15. The molecule has 0 N–H and O–H groups in total. The highest BCUT2D eigenvalue weighted by Gasteiger charge is 2.02. The summed E-state index contributed by atoms with van der Waals surface area (Å²) in [6, 6.07) is 7.92. The Morgan fingerprint density at radius 2 is 2.13 bits per heavy atom. The van der Waals surface area contributed by atoms with Gasteiger partial charge in [0.05, 0.1) is 0 Å². The summed E-state index contributed by atoms with van der Waals surface area (Å²) in [7, 11) is 1.85. The SMILES string of the molecule is Cc1ccccc1OCc1ncnn1C. The number of benzene rings is 1. The Morgan fingerprint density at radius 1 is 1.33 bits per heavy atom. The molecule has 0 aliphatic heterocycles. The molecular weight excluding hydrogens is 190 g/mol. The summed E-state index contributed by atoms with van der Waals surface area (Å²) in [5.41, 5.74) is 1.12. The van der Waals surface area contributed by atoms with Crippen LogP contribution in [0.2, 0.25) is 0 Å². The molecule has 0 saturated carbocycles. The summed E-state index contributed by atoms with van der Waals surface area (Å²) in [6.07, 6.45) is 1.52. The van der Waals surface area contributed by atoms with Crippen molar-refractivity contribution in [1.82, 2.24) is 14.8 Å². The monoisotopic (exact) mass is 203 g/mol. The van der Waals surface area contributed by atoms with Crippen molar-refractivity contribution in [3.8, 4) is 5.75 Å². The van der Waals surface area contributed by atoms with Crippen LogP contribution in [0.15, 0.2) is 30.6 Å². The van der Waals surface area contributed by atoms with Crippen LogP contribution in [0, 0.1) is 6.92 Å². The number of ether oxygens (including phenoxy) is 1. The molecule has 0 atom stereocenters. The first-order valence-electron chi connectivity index (χ1n) is 4.78. The van der Waals surface area contributed by atoms with Crippen LogP contribution in [0.4, 0.5) is 0 Å². The van der Waals surface area contributed by atoms with E-state index in [4.69, 9.17) is 4.74 Å². The molecular formula is C11H13N3O. The molecule has 0 bridgehead atoms. The Bertz CT molecular complexity index is 451. The van der Waals surface area contributed by atoms with Gasteiger partial charge in [0.15, 0.2) is 5.82 Å². The summed E-state index contributed by atoms with van der Waals surface area (Å²) >= 11 is 0. The zero-order valence-corrected chi connectivity index (χ0v) is 8.84. The highest BCUT2D eigenvalue weighted by Crippen LogP contribution is 2.17. The van der Waals surface area contributed by atoms with Crippen LogP contribution in [-0.2, 0) is 13.7 Å². The zero-order valence-electron chi connectivity index (χ0n) is 8.84. The fourth-order valence-electron chi connectivity index (χ4n) is 1.31. The summed E-state index contributed by atoms with van der Waals surface area (Å²) < 4.78 is 7.35. The molecule has 0 spiro atoms. The molecule has 2 rings (SSSR count). The molecule has 0 radical (unpaired) electrons. The Hall–Kier alpha value is -1.84. The van der Waals surface area contributed by atoms with E-state index in [1.807, 2.05) is 38.2 Å². The van der Waals surface area contributed by atoms with E-state index in [-0.39, 0.29) is 0 Å². The maximum Gasteiger partial charge on any atom is 0.164 e. The molecule has 0 saturated heterocycles. The van der Waals surface area contributed by atoms with Gasteiger partial charge in [-0.1, -0.05) is 18.2 Å². The predicted octanol–water partition coefficient (Wildman–Crippen LogP) is 1.70. The number of aromatic nitrogens is 3. The first kappa shape index (κ1) is 9.71. The lowest BCUT2D eigenvalue weighted by Gasteiger charge is -2.07. The first-order chi connectivity index (χ1) is 7.27. The molecule has 0 amide bonds. The van der Waals surface area contributed by atoms with Crippen molar-refractivity contribution < 1.29 is 4.74 Å². The lowest BCUT2D eigenvalue weighted by atomic mass is 10.2. The number of nitrogens with zero attached hydrogens (tertiary/aromatic N) is 3. The number of para-hydroxylation sites is 1. The summed E-state index contributed by atoms with van der Waals surface area (Å²) in [5, 5.41) is 3.98. The van der Waals surface area contributed by atoms with Gasteiger partial charge in [-0.05, 0) is 18.6 Å². The Balaban J connectivity index is 2.06. The standard InChI is InChI=1S/C11H13N3O/c1-9-5-3-4-6-10(9)15-7-11-12-8-13-14(11)2/h3-6,8H,7H2,1-2H3. The molecule has 15 heavy (non-hydrogen) atoms. The van der Waals surface area contributed by atoms with E-state index in [0.29, 0.717) is 6.61 Å². The second kappa shape index (κ2) is 4.13. The van der Waals surface area contributed by atoms with Crippen LogP contribution in [0.1, 0.15) is 11.4 Å². The molecule has 4 nitrogen and oxygen atoms in total. The van der Waals surface area contributed by atoms with Crippen molar-refractivity contribution in [2.24, 2.45) is 7.05 Å². The molecule has 2 aromatic rings. The van der Waals surface area contributed by atoms with Crippen molar-refractivity contribution >= 4 is 0 Å².